The highest BCUT2D eigenvalue weighted by Gasteiger charge is 2.11. The zero-order valence-electron chi connectivity index (χ0n) is 10.7. The largest absolute Gasteiger partial charge is 0.314 e. The minimum absolute atomic E-state index is 0. The molecule has 0 aromatic heterocycles. The Morgan fingerprint density at radius 1 is 1.11 bits per heavy atom. The second-order valence-electron chi connectivity index (χ2n) is 4.60. The summed E-state index contributed by atoms with van der Waals surface area (Å²) in [4.78, 5) is 0. The van der Waals surface area contributed by atoms with Gasteiger partial charge in [0.25, 0.3) is 0 Å². The Balaban J connectivity index is 0.00000144. The summed E-state index contributed by atoms with van der Waals surface area (Å²) in [5.74, 6) is 0. The Hall–Kier alpha value is -0.280. The molecule has 2 rings (SSSR count). The second-order valence-corrected chi connectivity index (χ2v) is 4.60. The highest BCUT2D eigenvalue weighted by molar-refractivity contribution is 5.85. The number of hydrogen-bond donors (Lipinski definition) is 2. The molecular formula is C14H24Cl2N2. The van der Waals surface area contributed by atoms with E-state index in [0.717, 1.165) is 19.1 Å². The third-order valence-corrected chi connectivity index (χ3v) is 3.25. The van der Waals surface area contributed by atoms with Crippen molar-refractivity contribution in [3.8, 4) is 0 Å². The average molecular weight is 291 g/mol. The molecule has 18 heavy (non-hydrogen) atoms. The Morgan fingerprint density at radius 2 is 1.89 bits per heavy atom. The third-order valence-electron chi connectivity index (χ3n) is 3.25. The molecule has 2 nitrogen and oxygen atoms in total. The third kappa shape index (κ3) is 6.60. The smallest absolute Gasteiger partial charge is 0.0205 e. The number of hydrogen-bond acceptors (Lipinski definition) is 2. The van der Waals surface area contributed by atoms with Crippen LogP contribution in [0, 0.1) is 0 Å². The zero-order valence-corrected chi connectivity index (χ0v) is 12.4. The van der Waals surface area contributed by atoms with E-state index in [0.29, 0.717) is 0 Å². The second kappa shape index (κ2) is 10.6. The average Bonchev–Trinajstić information content (AvgIpc) is 2.37. The van der Waals surface area contributed by atoms with Crippen LogP contribution in [0.2, 0.25) is 0 Å². The Labute approximate surface area is 123 Å². The summed E-state index contributed by atoms with van der Waals surface area (Å²) in [5.41, 5.74) is 1.37. The topological polar surface area (TPSA) is 24.1 Å². The van der Waals surface area contributed by atoms with Crippen molar-refractivity contribution in [2.45, 2.75) is 38.3 Å². The fourth-order valence-corrected chi connectivity index (χ4v) is 2.28. The number of piperidine rings is 1. The van der Waals surface area contributed by atoms with Gasteiger partial charge >= 0.3 is 0 Å². The first-order valence-corrected chi connectivity index (χ1v) is 6.43. The summed E-state index contributed by atoms with van der Waals surface area (Å²) >= 11 is 0. The van der Waals surface area contributed by atoms with Gasteiger partial charge in [-0.2, -0.15) is 0 Å². The van der Waals surface area contributed by atoms with E-state index in [1.807, 2.05) is 0 Å². The van der Waals surface area contributed by atoms with E-state index in [9.17, 15) is 0 Å². The molecule has 104 valence electrons. The van der Waals surface area contributed by atoms with Gasteiger partial charge < -0.3 is 10.6 Å². The Bertz CT molecular complexity index is 287. The Morgan fingerprint density at radius 3 is 2.56 bits per heavy atom. The standard InChI is InChI=1S/C14H22N2.2ClH/c1-2-6-13(7-3-1)12-15-11-9-14-8-4-5-10-16-14;;/h1-3,6-7,14-16H,4-5,8-12H2;2*1H. The fraction of sp³-hybridized carbons (Fsp3) is 0.571. The van der Waals surface area contributed by atoms with E-state index in [1.54, 1.807) is 0 Å². The van der Waals surface area contributed by atoms with Crippen LogP contribution in [0.25, 0.3) is 0 Å². The minimum atomic E-state index is 0. The molecule has 4 heteroatoms. The van der Waals surface area contributed by atoms with E-state index < -0.39 is 0 Å². The van der Waals surface area contributed by atoms with Gasteiger partial charge in [-0.1, -0.05) is 36.8 Å². The minimum Gasteiger partial charge on any atom is -0.314 e. The van der Waals surface area contributed by atoms with Gasteiger partial charge in [-0.25, -0.2) is 0 Å². The molecule has 1 aromatic rings. The molecule has 1 aromatic carbocycles. The summed E-state index contributed by atoms with van der Waals surface area (Å²) in [5, 5.41) is 7.09. The van der Waals surface area contributed by atoms with Crippen molar-refractivity contribution >= 4 is 24.8 Å². The van der Waals surface area contributed by atoms with Gasteiger partial charge in [0.1, 0.15) is 0 Å². The maximum absolute atomic E-state index is 3.58. The quantitative estimate of drug-likeness (QED) is 0.814. The number of halogens is 2. The number of rotatable bonds is 5. The predicted octanol–water partition coefficient (Wildman–Crippen LogP) is 3.15. The highest BCUT2D eigenvalue weighted by Crippen LogP contribution is 2.09. The molecule has 0 amide bonds. The van der Waals surface area contributed by atoms with Crippen LogP contribution in [0.4, 0.5) is 0 Å². The fourth-order valence-electron chi connectivity index (χ4n) is 2.28. The Kier molecular flexibility index (Phi) is 10.5. The van der Waals surface area contributed by atoms with Crippen molar-refractivity contribution < 1.29 is 0 Å². The van der Waals surface area contributed by atoms with Gasteiger partial charge in [0.15, 0.2) is 0 Å². The molecule has 1 atom stereocenters. The van der Waals surface area contributed by atoms with Crippen molar-refractivity contribution in [2.75, 3.05) is 13.1 Å². The van der Waals surface area contributed by atoms with Gasteiger partial charge in [0, 0.05) is 12.6 Å². The molecule has 1 saturated heterocycles. The molecule has 1 heterocycles. The number of nitrogens with one attached hydrogen (secondary N) is 2. The molecular weight excluding hydrogens is 267 g/mol. The van der Waals surface area contributed by atoms with E-state index in [4.69, 9.17) is 0 Å². The SMILES string of the molecule is Cl.Cl.c1ccc(CNCCC2CCCCN2)cc1. The van der Waals surface area contributed by atoms with Crippen molar-refractivity contribution in [3.05, 3.63) is 35.9 Å². The molecule has 0 aliphatic carbocycles. The summed E-state index contributed by atoms with van der Waals surface area (Å²) < 4.78 is 0. The molecule has 2 N–H and O–H groups in total. The summed E-state index contributed by atoms with van der Waals surface area (Å²) in [6.07, 6.45) is 5.37. The van der Waals surface area contributed by atoms with Crippen LogP contribution in [-0.2, 0) is 6.54 Å². The van der Waals surface area contributed by atoms with Crippen LogP contribution in [0.3, 0.4) is 0 Å². The van der Waals surface area contributed by atoms with Crippen LogP contribution in [0.1, 0.15) is 31.2 Å². The van der Waals surface area contributed by atoms with E-state index in [2.05, 4.69) is 41.0 Å². The zero-order chi connectivity index (χ0) is 11.1. The lowest BCUT2D eigenvalue weighted by Gasteiger charge is -2.23. The molecule has 0 bridgehead atoms. The van der Waals surface area contributed by atoms with Crippen molar-refractivity contribution in [1.82, 2.24) is 10.6 Å². The van der Waals surface area contributed by atoms with Crippen LogP contribution in [-0.4, -0.2) is 19.1 Å². The van der Waals surface area contributed by atoms with E-state index >= 15 is 0 Å². The van der Waals surface area contributed by atoms with Crippen LogP contribution in [0.5, 0.6) is 0 Å². The van der Waals surface area contributed by atoms with Gasteiger partial charge in [0.05, 0.1) is 0 Å². The molecule has 0 radical (unpaired) electrons. The van der Waals surface area contributed by atoms with Gasteiger partial charge in [0.2, 0.25) is 0 Å². The van der Waals surface area contributed by atoms with Crippen molar-refractivity contribution in [3.63, 3.8) is 0 Å². The number of benzene rings is 1. The predicted molar refractivity (Wildman–Crippen MR) is 82.9 cm³/mol. The molecule has 1 fully saturated rings. The van der Waals surface area contributed by atoms with Gasteiger partial charge in [-0.15, -0.1) is 24.8 Å². The molecule has 0 spiro atoms. The highest BCUT2D eigenvalue weighted by atomic mass is 35.5. The lowest BCUT2D eigenvalue weighted by atomic mass is 10.0. The lowest BCUT2D eigenvalue weighted by Crippen LogP contribution is -2.36. The molecule has 1 unspecified atom stereocenters. The van der Waals surface area contributed by atoms with Gasteiger partial charge in [-0.05, 0) is 37.9 Å². The first-order valence-electron chi connectivity index (χ1n) is 6.43. The van der Waals surface area contributed by atoms with Crippen LogP contribution < -0.4 is 10.6 Å². The van der Waals surface area contributed by atoms with Crippen molar-refractivity contribution in [2.24, 2.45) is 0 Å². The monoisotopic (exact) mass is 290 g/mol. The summed E-state index contributed by atoms with van der Waals surface area (Å²) in [6, 6.07) is 11.4. The summed E-state index contributed by atoms with van der Waals surface area (Å²) in [6.45, 7) is 3.32. The van der Waals surface area contributed by atoms with Crippen LogP contribution in [0.15, 0.2) is 30.3 Å². The normalized spacial score (nSPS) is 18.6. The first-order chi connectivity index (χ1) is 7.95. The van der Waals surface area contributed by atoms with E-state index in [1.165, 1.54) is 37.8 Å². The van der Waals surface area contributed by atoms with Crippen LogP contribution >= 0.6 is 24.8 Å². The summed E-state index contributed by atoms with van der Waals surface area (Å²) in [7, 11) is 0. The molecule has 1 aliphatic rings. The lowest BCUT2D eigenvalue weighted by molar-refractivity contribution is 0.376. The molecule has 1 aliphatic heterocycles. The van der Waals surface area contributed by atoms with Gasteiger partial charge in [-0.3, -0.25) is 0 Å². The maximum atomic E-state index is 3.58. The molecule has 0 saturated carbocycles. The maximum Gasteiger partial charge on any atom is 0.0205 e. The first kappa shape index (κ1) is 17.7. The van der Waals surface area contributed by atoms with E-state index in [-0.39, 0.29) is 24.8 Å². The van der Waals surface area contributed by atoms with Crippen molar-refractivity contribution in [1.29, 1.82) is 0 Å².